The molecule has 4 N–H and O–H groups in total. The summed E-state index contributed by atoms with van der Waals surface area (Å²) >= 11 is 0. The summed E-state index contributed by atoms with van der Waals surface area (Å²) in [5.74, 6) is -0.150. The highest BCUT2D eigenvalue weighted by Gasteiger charge is 2.32. The maximum Gasteiger partial charge on any atom is 0.224 e. The molecule has 13 heteroatoms. The van der Waals surface area contributed by atoms with Gasteiger partial charge in [-0.1, -0.05) is 12.2 Å². The van der Waals surface area contributed by atoms with Crippen LogP contribution in [-0.2, 0) is 0 Å². The summed E-state index contributed by atoms with van der Waals surface area (Å²) in [5, 5.41) is 24.1. The van der Waals surface area contributed by atoms with Crippen molar-refractivity contribution in [2.45, 2.75) is 13.0 Å². The number of anilines is 3. The molecule has 2 fully saturated rings. The number of benzene rings is 1. The van der Waals surface area contributed by atoms with Gasteiger partial charge in [0.1, 0.15) is 17.5 Å². The van der Waals surface area contributed by atoms with Crippen LogP contribution in [0.15, 0.2) is 36.5 Å². The van der Waals surface area contributed by atoms with Crippen molar-refractivity contribution < 1.29 is 19.0 Å². The van der Waals surface area contributed by atoms with Gasteiger partial charge in [0.15, 0.2) is 5.82 Å². The van der Waals surface area contributed by atoms with Crippen molar-refractivity contribution in [3.05, 3.63) is 59.4 Å². The minimum absolute atomic E-state index is 0. The van der Waals surface area contributed by atoms with Crippen molar-refractivity contribution in [1.82, 2.24) is 24.6 Å². The van der Waals surface area contributed by atoms with E-state index in [9.17, 15) is 19.0 Å². The number of hydrogen-bond donors (Lipinski definition) is 3. The standard InChI is InChI=1S/C26H32F2N8O2.ClH/c1-17-18(3-2-4-33-5-7-34(8-6-33)22-10-20(27)9-21(28)11-22)13-30-36(17)25-12-24(31-26(29)32-25)35-14-19(16-37)23(38)15-35;/h2-3,9-13,19,23,37-38H,4-8,14-16H2,1H3,(H2,29,31,32);1H/b3-2+;/t19-,23+;/m1./s1. The van der Waals surface area contributed by atoms with Gasteiger partial charge in [0.05, 0.1) is 24.6 Å². The first-order valence-corrected chi connectivity index (χ1v) is 12.6. The summed E-state index contributed by atoms with van der Waals surface area (Å²) in [6.45, 7) is 6.39. The second kappa shape index (κ2) is 12.2. The number of nitrogen functional groups attached to an aromatic ring is 1. The number of rotatable bonds is 7. The summed E-state index contributed by atoms with van der Waals surface area (Å²) in [7, 11) is 0. The van der Waals surface area contributed by atoms with E-state index < -0.39 is 17.7 Å². The molecule has 2 aliphatic heterocycles. The molecule has 0 spiro atoms. The monoisotopic (exact) mass is 562 g/mol. The van der Waals surface area contributed by atoms with E-state index in [2.05, 4.69) is 26.0 Å². The van der Waals surface area contributed by atoms with E-state index in [0.717, 1.165) is 37.0 Å². The summed E-state index contributed by atoms with van der Waals surface area (Å²) in [5.41, 5.74) is 8.38. The van der Waals surface area contributed by atoms with Gasteiger partial charge >= 0.3 is 0 Å². The zero-order valence-corrected chi connectivity index (χ0v) is 22.4. The fraction of sp³-hybridized carbons (Fsp3) is 0.423. The van der Waals surface area contributed by atoms with Gasteiger partial charge in [0.25, 0.3) is 0 Å². The lowest BCUT2D eigenvalue weighted by Gasteiger charge is -2.35. The molecule has 2 aromatic heterocycles. The Morgan fingerprint density at radius 3 is 2.36 bits per heavy atom. The van der Waals surface area contributed by atoms with Gasteiger partial charge in [-0.2, -0.15) is 15.1 Å². The summed E-state index contributed by atoms with van der Waals surface area (Å²) in [6, 6.07) is 5.40. The zero-order chi connectivity index (χ0) is 26.8. The highest BCUT2D eigenvalue weighted by molar-refractivity contribution is 5.85. The first-order chi connectivity index (χ1) is 18.3. The first kappa shape index (κ1) is 28.7. The van der Waals surface area contributed by atoms with Gasteiger partial charge in [-0.3, -0.25) is 4.90 Å². The van der Waals surface area contributed by atoms with Crippen LogP contribution in [-0.4, -0.2) is 93.4 Å². The van der Waals surface area contributed by atoms with E-state index in [1.165, 1.54) is 12.1 Å². The molecule has 5 rings (SSSR count). The normalized spacial score (nSPS) is 20.1. The van der Waals surface area contributed by atoms with Crippen molar-refractivity contribution in [3.63, 3.8) is 0 Å². The van der Waals surface area contributed by atoms with Crippen LogP contribution in [0.3, 0.4) is 0 Å². The number of halogens is 3. The van der Waals surface area contributed by atoms with E-state index in [0.29, 0.717) is 43.5 Å². The van der Waals surface area contributed by atoms with Gasteiger partial charge in [0.2, 0.25) is 5.95 Å². The molecule has 210 valence electrons. The summed E-state index contributed by atoms with van der Waals surface area (Å²) in [6.07, 6.45) is 5.23. The van der Waals surface area contributed by atoms with E-state index in [1.807, 2.05) is 22.8 Å². The second-order valence-corrected chi connectivity index (χ2v) is 9.77. The lowest BCUT2D eigenvalue weighted by atomic mass is 10.1. The predicted octanol–water partition coefficient (Wildman–Crippen LogP) is 1.88. The fourth-order valence-electron chi connectivity index (χ4n) is 4.99. The van der Waals surface area contributed by atoms with Crippen molar-refractivity contribution in [2.24, 2.45) is 5.92 Å². The molecule has 0 bridgehead atoms. The molecule has 2 atom stereocenters. The largest absolute Gasteiger partial charge is 0.396 e. The third-order valence-corrected chi connectivity index (χ3v) is 7.19. The van der Waals surface area contributed by atoms with Crippen molar-refractivity contribution in [1.29, 1.82) is 0 Å². The van der Waals surface area contributed by atoms with E-state index in [-0.39, 0.29) is 30.9 Å². The smallest absolute Gasteiger partial charge is 0.224 e. The third-order valence-electron chi connectivity index (χ3n) is 7.19. The molecule has 10 nitrogen and oxygen atoms in total. The average Bonchev–Trinajstić information content (AvgIpc) is 3.45. The van der Waals surface area contributed by atoms with Crippen molar-refractivity contribution >= 4 is 35.9 Å². The highest BCUT2D eigenvalue weighted by atomic mass is 35.5. The Balaban J connectivity index is 0.00000353. The number of β-amino-alcohol motifs (C(OH)–C–C–N with tert-alkyl or cyclic N) is 1. The molecule has 0 amide bonds. The molecule has 39 heavy (non-hydrogen) atoms. The lowest BCUT2D eigenvalue weighted by Crippen LogP contribution is -2.46. The molecule has 2 aliphatic rings. The Labute approximate surface area is 231 Å². The number of aliphatic hydroxyl groups is 2. The van der Waals surface area contributed by atoms with Gasteiger partial charge in [-0.15, -0.1) is 12.4 Å². The van der Waals surface area contributed by atoms with E-state index in [1.54, 1.807) is 16.9 Å². The minimum atomic E-state index is -0.630. The lowest BCUT2D eigenvalue weighted by molar-refractivity contribution is 0.104. The number of nitrogens with two attached hydrogens (primary N) is 1. The van der Waals surface area contributed by atoms with Crippen LogP contribution in [0.1, 0.15) is 11.3 Å². The van der Waals surface area contributed by atoms with Gasteiger partial charge in [0, 0.05) is 75.1 Å². The van der Waals surface area contributed by atoms with Crippen LogP contribution < -0.4 is 15.5 Å². The van der Waals surface area contributed by atoms with E-state index >= 15 is 0 Å². The Bertz CT molecular complexity index is 1290. The molecular weight excluding hydrogens is 530 g/mol. The molecule has 1 aromatic carbocycles. The molecule has 3 aromatic rings. The molecule has 4 heterocycles. The number of aliphatic hydroxyl groups excluding tert-OH is 2. The minimum Gasteiger partial charge on any atom is -0.396 e. The van der Waals surface area contributed by atoms with Crippen LogP contribution in [0.5, 0.6) is 0 Å². The summed E-state index contributed by atoms with van der Waals surface area (Å²) < 4.78 is 28.8. The van der Waals surface area contributed by atoms with Gasteiger partial charge in [-0.25, -0.2) is 13.5 Å². The maximum atomic E-state index is 13.6. The second-order valence-electron chi connectivity index (χ2n) is 9.77. The predicted molar refractivity (Wildman–Crippen MR) is 148 cm³/mol. The van der Waals surface area contributed by atoms with Crippen LogP contribution in [0.25, 0.3) is 11.9 Å². The highest BCUT2D eigenvalue weighted by Crippen LogP contribution is 2.25. The number of aromatic nitrogens is 4. The molecule has 0 aliphatic carbocycles. The summed E-state index contributed by atoms with van der Waals surface area (Å²) in [4.78, 5) is 14.8. The Morgan fingerprint density at radius 1 is 1.00 bits per heavy atom. The first-order valence-electron chi connectivity index (χ1n) is 12.6. The van der Waals surface area contributed by atoms with Gasteiger partial charge < -0.3 is 25.7 Å². The SMILES string of the molecule is Cc1c(/C=C/CN2CCN(c3cc(F)cc(F)c3)CC2)cnn1-c1cc(N2C[C@H](CO)[C@@H](O)C2)nc(N)n1.Cl. The molecular formula is C26H33ClF2N8O2. The van der Waals surface area contributed by atoms with Crippen LogP contribution in [0.2, 0.25) is 0 Å². The fourth-order valence-corrected chi connectivity index (χ4v) is 4.99. The Hall–Kier alpha value is -3.32. The number of nitrogens with zero attached hydrogens (tertiary/aromatic N) is 7. The quantitative estimate of drug-likeness (QED) is 0.396. The Morgan fingerprint density at radius 2 is 1.69 bits per heavy atom. The molecule has 0 unspecified atom stereocenters. The maximum absolute atomic E-state index is 13.6. The van der Waals surface area contributed by atoms with E-state index in [4.69, 9.17) is 5.73 Å². The number of hydrogen-bond acceptors (Lipinski definition) is 9. The van der Waals surface area contributed by atoms with Crippen LogP contribution >= 0.6 is 12.4 Å². The van der Waals surface area contributed by atoms with Crippen LogP contribution in [0, 0.1) is 24.5 Å². The van der Waals surface area contributed by atoms with Crippen LogP contribution in [0.4, 0.5) is 26.2 Å². The van der Waals surface area contributed by atoms with Crippen molar-refractivity contribution in [2.75, 3.05) is 68.0 Å². The third kappa shape index (κ3) is 6.47. The van der Waals surface area contributed by atoms with Crippen molar-refractivity contribution in [3.8, 4) is 5.82 Å². The molecule has 2 saturated heterocycles. The topological polar surface area (TPSA) is 120 Å². The molecule has 0 saturated carbocycles. The zero-order valence-electron chi connectivity index (χ0n) is 21.6. The molecule has 0 radical (unpaired) electrons. The number of piperazine rings is 1. The average molecular weight is 563 g/mol. The van der Waals surface area contributed by atoms with Gasteiger partial charge in [-0.05, 0) is 19.1 Å². The Kier molecular flexibility index (Phi) is 9.01.